The molecule has 0 heterocycles. The Morgan fingerprint density at radius 3 is 2.68 bits per heavy atom. The maximum Gasteiger partial charge on any atom is 0.139 e. The van der Waals surface area contributed by atoms with Gasteiger partial charge in [0.2, 0.25) is 0 Å². The number of nitrogens with one attached hydrogen (secondary N) is 1. The number of hydrogen-bond donors (Lipinski definition) is 3. The summed E-state index contributed by atoms with van der Waals surface area (Å²) in [6.45, 7) is 0.965. The van der Waals surface area contributed by atoms with E-state index in [1.807, 2.05) is 0 Å². The van der Waals surface area contributed by atoms with Gasteiger partial charge >= 0.3 is 0 Å². The summed E-state index contributed by atoms with van der Waals surface area (Å²) in [5, 5.41) is 12.6. The molecule has 0 radical (unpaired) electrons. The van der Waals surface area contributed by atoms with Crippen molar-refractivity contribution in [3.8, 4) is 0 Å². The summed E-state index contributed by atoms with van der Waals surface area (Å²) in [4.78, 5) is 0. The molecule has 0 amide bonds. The van der Waals surface area contributed by atoms with Gasteiger partial charge in [-0.25, -0.2) is 4.39 Å². The van der Waals surface area contributed by atoms with Gasteiger partial charge < -0.3 is 16.2 Å². The van der Waals surface area contributed by atoms with Gasteiger partial charge in [-0.15, -0.1) is 0 Å². The molecule has 0 saturated heterocycles. The van der Waals surface area contributed by atoms with Crippen molar-refractivity contribution in [2.75, 3.05) is 24.2 Å². The lowest BCUT2D eigenvalue weighted by Gasteiger charge is -2.30. The largest absolute Gasteiger partial charge is 0.397 e. The number of aliphatic hydroxyl groups excluding tert-OH is 1. The first-order chi connectivity index (χ1) is 9.11. The fourth-order valence-corrected chi connectivity index (χ4v) is 3.11. The van der Waals surface area contributed by atoms with E-state index in [1.165, 1.54) is 18.9 Å². The van der Waals surface area contributed by atoms with E-state index in [4.69, 9.17) is 5.73 Å². The van der Waals surface area contributed by atoms with E-state index in [1.54, 1.807) is 6.07 Å². The molecule has 4 N–H and O–H groups in total. The van der Waals surface area contributed by atoms with Crippen molar-refractivity contribution in [1.82, 2.24) is 0 Å². The van der Waals surface area contributed by atoms with E-state index in [9.17, 15) is 9.50 Å². The Kier molecular flexibility index (Phi) is 5.05. The van der Waals surface area contributed by atoms with Crippen LogP contribution in [0.3, 0.4) is 0 Å². The minimum atomic E-state index is -0.320. The maximum atomic E-state index is 13.5. The lowest BCUT2D eigenvalue weighted by Crippen LogP contribution is -2.28. The molecule has 1 aromatic rings. The molecule has 2 unspecified atom stereocenters. The molecule has 1 saturated carbocycles. The first-order valence-corrected chi connectivity index (χ1v) is 7.50. The number of benzene rings is 1. The summed E-state index contributed by atoms with van der Waals surface area (Å²) in [6.07, 6.45) is 4.58. The van der Waals surface area contributed by atoms with Crippen molar-refractivity contribution < 1.29 is 9.50 Å². The Bertz CT molecular complexity index is 442. The van der Waals surface area contributed by atoms with E-state index < -0.39 is 0 Å². The van der Waals surface area contributed by atoms with E-state index in [2.05, 4.69) is 21.2 Å². The van der Waals surface area contributed by atoms with Gasteiger partial charge in [-0.05, 0) is 46.7 Å². The number of hydrogen-bond acceptors (Lipinski definition) is 3. The highest BCUT2D eigenvalue weighted by Crippen LogP contribution is 2.31. The summed E-state index contributed by atoms with van der Waals surface area (Å²) >= 11 is 3.11. The molecule has 1 fully saturated rings. The van der Waals surface area contributed by atoms with Crippen molar-refractivity contribution in [3.05, 3.63) is 22.4 Å². The molecular formula is C14H20BrFN2O. The molecule has 1 aromatic carbocycles. The number of aliphatic hydroxyl groups is 1. The van der Waals surface area contributed by atoms with Gasteiger partial charge in [-0.3, -0.25) is 0 Å². The second-order valence-electron chi connectivity index (χ2n) is 5.22. The van der Waals surface area contributed by atoms with Crippen LogP contribution in [0, 0.1) is 17.7 Å². The SMILES string of the molecule is Nc1cc(Br)c(F)cc1NCC1CCCCC1CO. The summed E-state index contributed by atoms with van der Waals surface area (Å²) in [7, 11) is 0. The quantitative estimate of drug-likeness (QED) is 0.742. The van der Waals surface area contributed by atoms with Gasteiger partial charge in [0.05, 0.1) is 15.8 Å². The molecule has 106 valence electrons. The number of rotatable bonds is 4. The number of nitrogens with two attached hydrogens (primary N) is 1. The van der Waals surface area contributed by atoms with Crippen molar-refractivity contribution in [2.24, 2.45) is 11.8 Å². The second-order valence-corrected chi connectivity index (χ2v) is 6.08. The van der Waals surface area contributed by atoms with Crippen LogP contribution < -0.4 is 11.1 Å². The Labute approximate surface area is 121 Å². The normalized spacial score (nSPS) is 23.3. The van der Waals surface area contributed by atoms with Crippen LogP contribution in [0.1, 0.15) is 25.7 Å². The van der Waals surface area contributed by atoms with E-state index >= 15 is 0 Å². The highest BCUT2D eigenvalue weighted by Gasteiger charge is 2.24. The van der Waals surface area contributed by atoms with Crippen LogP contribution in [-0.2, 0) is 0 Å². The highest BCUT2D eigenvalue weighted by molar-refractivity contribution is 9.10. The molecule has 5 heteroatoms. The number of nitrogen functional groups attached to an aromatic ring is 1. The third-order valence-corrected chi connectivity index (χ3v) is 4.56. The minimum Gasteiger partial charge on any atom is -0.397 e. The van der Waals surface area contributed by atoms with Crippen molar-refractivity contribution in [2.45, 2.75) is 25.7 Å². The zero-order valence-corrected chi connectivity index (χ0v) is 12.4. The zero-order chi connectivity index (χ0) is 13.8. The van der Waals surface area contributed by atoms with Gasteiger partial charge in [0.25, 0.3) is 0 Å². The third-order valence-electron chi connectivity index (χ3n) is 3.95. The predicted molar refractivity (Wildman–Crippen MR) is 79.5 cm³/mol. The molecule has 0 aliphatic heterocycles. The number of anilines is 2. The molecular weight excluding hydrogens is 311 g/mol. The Morgan fingerprint density at radius 2 is 2.00 bits per heavy atom. The van der Waals surface area contributed by atoms with E-state index in [-0.39, 0.29) is 12.4 Å². The lowest BCUT2D eigenvalue weighted by molar-refractivity contribution is 0.141. The molecule has 0 aromatic heterocycles. The zero-order valence-electron chi connectivity index (χ0n) is 10.8. The van der Waals surface area contributed by atoms with Crippen molar-refractivity contribution in [1.29, 1.82) is 0 Å². The molecule has 19 heavy (non-hydrogen) atoms. The van der Waals surface area contributed by atoms with Gasteiger partial charge in [0, 0.05) is 19.2 Å². The molecule has 3 nitrogen and oxygen atoms in total. The van der Waals surface area contributed by atoms with Crippen LogP contribution in [0.5, 0.6) is 0 Å². The van der Waals surface area contributed by atoms with Gasteiger partial charge in [-0.1, -0.05) is 12.8 Å². The smallest absolute Gasteiger partial charge is 0.139 e. The van der Waals surface area contributed by atoms with E-state index in [0.717, 1.165) is 19.4 Å². The second kappa shape index (κ2) is 6.57. The topological polar surface area (TPSA) is 58.3 Å². The average molecular weight is 331 g/mol. The van der Waals surface area contributed by atoms with Crippen molar-refractivity contribution >= 4 is 27.3 Å². The molecule has 2 rings (SSSR count). The molecule has 0 spiro atoms. The van der Waals surface area contributed by atoms with Gasteiger partial charge in [0.15, 0.2) is 0 Å². The summed E-state index contributed by atoms with van der Waals surface area (Å²) in [5.41, 5.74) is 7.02. The first kappa shape index (κ1) is 14.6. The van der Waals surface area contributed by atoms with Crippen LogP contribution in [0.25, 0.3) is 0 Å². The molecule has 1 aliphatic carbocycles. The monoisotopic (exact) mass is 330 g/mol. The highest BCUT2D eigenvalue weighted by atomic mass is 79.9. The van der Waals surface area contributed by atoms with Crippen LogP contribution in [0.15, 0.2) is 16.6 Å². The minimum absolute atomic E-state index is 0.233. The van der Waals surface area contributed by atoms with E-state index in [0.29, 0.717) is 27.7 Å². The van der Waals surface area contributed by atoms with Gasteiger partial charge in [-0.2, -0.15) is 0 Å². The standard InChI is InChI=1S/C14H20BrFN2O/c15-11-5-13(17)14(6-12(11)16)18-7-9-3-1-2-4-10(9)8-19/h5-6,9-10,18-19H,1-4,7-8,17H2. The van der Waals surface area contributed by atoms with Gasteiger partial charge in [0.1, 0.15) is 5.82 Å². The molecule has 2 atom stereocenters. The summed E-state index contributed by atoms with van der Waals surface area (Å²) in [5.74, 6) is 0.465. The fourth-order valence-electron chi connectivity index (χ4n) is 2.75. The lowest BCUT2D eigenvalue weighted by atomic mass is 9.79. The Balaban J connectivity index is 1.99. The summed E-state index contributed by atoms with van der Waals surface area (Å²) in [6, 6.07) is 2.98. The fraction of sp³-hybridized carbons (Fsp3) is 0.571. The predicted octanol–water partition coefficient (Wildman–Crippen LogP) is 3.38. The van der Waals surface area contributed by atoms with Crippen LogP contribution in [0.2, 0.25) is 0 Å². The Hall–Kier alpha value is -0.810. The summed E-state index contributed by atoms with van der Waals surface area (Å²) < 4.78 is 13.9. The van der Waals surface area contributed by atoms with Crippen LogP contribution in [-0.4, -0.2) is 18.3 Å². The van der Waals surface area contributed by atoms with Crippen LogP contribution in [0.4, 0.5) is 15.8 Å². The third kappa shape index (κ3) is 3.60. The molecule has 0 bridgehead atoms. The molecule has 1 aliphatic rings. The maximum absolute atomic E-state index is 13.5. The van der Waals surface area contributed by atoms with Crippen molar-refractivity contribution in [3.63, 3.8) is 0 Å². The number of halogens is 2. The van der Waals surface area contributed by atoms with Crippen LogP contribution >= 0.6 is 15.9 Å². The average Bonchev–Trinajstić information content (AvgIpc) is 2.41. The first-order valence-electron chi connectivity index (χ1n) is 6.71. The Morgan fingerprint density at radius 1 is 1.32 bits per heavy atom.